The van der Waals surface area contributed by atoms with Gasteiger partial charge in [-0.2, -0.15) is 4.98 Å². The zero-order valence-corrected chi connectivity index (χ0v) is 13.7. The highest BCUT2D eigenvalue weighted by molar-refractivity contribution is 7.44. The summed E-state index contributed by atoms with van der Waals surface area (Å²) in [6.07, 6.45) is -2.97. The predicted octanol–water partition coefficient (Wildman–Crippen LogP) is -2.81. The zero-order valence-electron chi connectivity index (χ0n) is 12.8. The van der Waals surface area contributed by atoms with Gasteiger partial charge in [0.2, 0.25) is 5.95 Å². The molecule has 1 saturated heterocycles. The molecule has 2 aromatic rings. The highest BCUT2D eigenvalue weighted by atomic mass is 31.2. The second-order valence-electron chi connectivity index (χ2n) is 5.74. The Hall–Kier alpha value is -1.86. The average Bonchev–Trinajstić information content (AvgIpc) is 2.97. The van der Waals surface area contributed by atoms with Gasteiger partial charge in [0.05, 0.1) is 12.9 Å². The fourth-order valence-electron chi connectivity index (χ4n) is 2.66. The molecule has 1 aliphatic heterocycles. The van der Waals surface area contributed by atoms with Gasteiger partial charge in [0.1, 0.15) is 17.8 Å². The van der Waals surface area contributed by atoms with E-state index in [2.05, 4.69) is 19.5 Å². The lowest BCUT2D eigenvalue weighted by atomic mass is 9.96. The van der Waals surface area contributed by atoms with Crippen molar-refractivity contribution in [3.8, 4) is 0 Å². The number of fused-ring (bicyclic) bond motifs is 1. The minimum atomic E-state index is -5.03. The molecule has 3 rings (SSSR count). The molecule has 0 amide bonds. The van der Waals surface area contributed by atoms with Gasteiger partial charge in [-0.1, -0.05) is 0 Å². The van der Waals surface area contributed by atoms with Gasteiger partial charge in [0, 0.05) is 0 Å². The molecule has 0 radical (unpaired) electrons. The van der Waals surface area contributed by atoms with Crippen LogP contribution in [0.5, 0.6) is 0 Å². The Balaban J connectivity index is 1.97. The van der Waals surface area contributed by atoms with Crippen LogP contribution in [0.4, 0.5) is 5.95 Å². The molecular weight excluding hydrogens is 361 g/mol. The number of nitrogens with two attached hydrogens (primary N) is 1. The van der Waals surface area contributed by atoms with Crippen molar-refractivity contribution < 1.29 is 33.8 Å². The number of anilines is 1. The van der Waals surface area contributed by atoms with Crippen LogP contribution < -0.4 is 16.2 Å². The van der Waals surface area contributed by atoms with Crippen LogP contribution in [0, 0.1) is 0 Å². The molecule has 0 spiro atoms. The van der Waals surface area contributed by atoms with E-state index in [4.69, 9.17) is 15.4 Å². The van der Waals surface area contributed by atoms with Gasteiger partial charge in [-0.25, -0.2) is 4.98 Å². The molecule has 0 saturated carbocycles. The molecule has 0 bridgehead atoms. The number of H-pyrrole nitrogens is 1. The van der Waals surface area contributed by atoms with E-state index in [0.29, 0.717) is 0 Å². The van der Waals surface area contributed by atoms with Crippen LogP contribution in [0.1, 0.15) is 13.2 Å². The number of ether oxygens (including phenoxy) is 1. The van der Waals surface area contributed by atoms with Gasteiger partial charge >= 0.3 is 0 Å². The summed E-state index contributed by atoms with van der Waals surface area (Å²) in [6.45, 7) is 0.508. The first kappa shape index (κ1) is 17.9. The maximum absolute atomic E-state index is 11.8. The third kappa shape index (κ3) is 3.18. The maximum Gasteiger partial charge on any atom is 0.280 e. The lowest BCUT2D eigenvalue weighted by Crippen LogP contribution is -2.44. The number of nitrogens with one attached hydrogen (secondary N) is 1. The largest absolute Gasteiger partial charge is 0.756 e. The van der Waals surface area contributed by atoms with Crippen molar-refractivity contribution in [3.05, 3.63) is 16.7 Å². The van der Waals surface area contributed by atoms with Crippen molar-refractivity contribution in [2.45, 2.75) is 31.0 Å². The highest BCUT2D eigenvalue weighted by Crippen LogP contribution is 2.41. The van der Waals surface area contributed by atoms with Crippen LogP contribution in [0.15, 0.2) is 11.1 Å². The Labute approximate surface area is 139 Å². The van der Waals surface area contributed by atoms with Gasteiger partial charge < -0.3 is 35.0 Å². The maximum atomic E-state index is 11.8. The van der Waals surface area contributed by atoms with E-state index in [1.807, 2.05) is 0 Å². The van der Waals surface area contributed by atoms with E-state index in [1.54, 1.807) is 0 Å². The molecule has 2 aromatic heterocycles. The average molecular weight is 376 g/mol. The minimum absolute atomic E-state index is 0.00283. The smallest absolute Gasteiger partial charge is 0.280 e. The van der Waals surface area contributed by atoms with Gasteiger partial charge in [0.15, 0.2) is 17.4 Å². The summed E-state index contributed by atoms with van der Waals surface area (Å²) < 4.78 is 21.5. The van der Waals surface area contributed by atoms with E-state index in [0.717, 1.165) is 6.33 Å². The summed E-state index contributed by atoms with van der Waals surface area (Å²) in [4.78, 5) is 41.2. The molecule has 14 heteroatoms. The van der Waals surface area contributed by atoms with E-state index in [9.17, 15) is 24.5 Å². The Morgan fingerprint density at radius 3 is 2.96 bits per heavy atom. The molecular formula is C11H15N5O8P-. The van der Waals surface area contributed by atoms with Crippen LogP contribution in [0.25, 0.3) is 11.2 Å². The number of phosphoric ester groups is 1. The number of nitrogen functional groups attached to an aromatic ring is 1. The monoisotopic (exact) mass is 376 g/mol. The lowest BCUT2D eigenvalue weighted by molar-refractivity contribution is -0.222. The number of aromatic nitrogens is 4. The Morgan fingerprint density at radius 1 is 1.64 bits per heavy atom. The van der Waals surface area contributed by atoms with Crippen molar-refractivity contribution >= 4 is 24.9 Å². The number of phosphoric acid groups is 1. The SMILES string of the molecule is CC1(O)C(O)[C@@H](COP(=O)([O-])O)O[C@H]1n1cnc2c(=O)[nH]c(N)nc21. The van der Waals surface area contributed by atoms with Gasteiger partial charge in [-0.05, 0) is 6.92 Å². The number of nitrogens with zero attached hydrogens (tertiary/aromatic N) is 3. The fourth-order valence-corrected chi connectivity index (χ4v) is 3.00. The molecule has 3 unspecified atom stereocenters. The summed E-state index contributed by atoms with van der Waals surface area (Å²) in [5, 5.41) is 20.7. The van der Waals surface area contributed by atoms with Crippen molar-refractivity contribution in [1.29, 1.82) is 0 Å². The molecule has 138 valence electrons. The number of rotatable bonds is 4. The molecule has 6 N–H and O–H groups in total. The van der Waals surface area contributed by atoms with E-state index in [1.165, 1.54) is 11.5 Å². The summed E-state index contributed by atoms with van der Waals surface area (Å²) in [5.74, 6) is -0.190. The van der Waals surface area contributed by atoms with E-state index < -0.39 is 44.0 Å². The third-order valence-electron chi connectivity index (χ3n) is 3.86. The van der Waals surface area contributed by atoms with Crippen LogP contribution in [0.2, 0.25) is 0 Å². The molecule has 13 nitrogen and oxygen atoms in total. The molecule has 1 fully saturated rings. The standard InChI is InChI=1S/C11H16N5O8P/c1-11(19)6(17)4(2-23-25(20,21)22)24-9(11)16-3-13-5-7(16)14-10(12)15-8(5)18/h3-4,6,9,17,19H,2H2,1H3,(H2,20,21,22)(H3,12,14,15,18)/p-1/t4-,6?,9-,11?/m1/s1. The van der Waals surface area contributed by atoms with Gasteiger partial charge in [0.25, 0.3) is 13.4 Å². The molecule has 25 heavy (non-hydrogen) atoms. The molecule has 5 atom stereocenters. The Bertz CT molecular complexity index is 903. The first-order valence-corrected chi connectivity index (χ1v) is 8.47. The van der Waals surface area contributed by atoms with E-state index >= 15 is 0 Å². The quantitative estimate of drug-likeness (QED) is 0.344. The summed E-state index contributed by atoms with van der Waals surface area (Å²) >= 11 is 0. The summed E-state index contributed by atoms with van der Waals surface area (Å²) in [5.41, 5.74) is 2.91. The van der Waals surface area contributed by atoms with Crippen LogP contribution in [0.3, 0.4) is 0 Å². The van der Waals surface area contributed by atoms with Gasteiger partial charge in [-0.15, -0.1) is 0 Å². The number of aliphatic hydroxyl groups is 2. The Morgan fingerprint density at radius 2 is 2.32 bits per heavy atom. The predicted molar refractivity (Wildman–Crippen MR) is 78.9 cm³/mol. The van der Waals surface area contributed by atoms with Crippen molar-refractivity contribution in [2.75, 3.05) is 12.3 Å². The minimum Gasteiger partial charge on any atom is -0.756 e. The zero-order chi connectivity index (χ0) is 18.6. The van der Waals surface area contributed by atoms with Crippen molar-refractivity contribution in [2.24, 2.45) is 0 Å². The first-order valence-electron chi connectivity index (χ1n) is 6.97. The van der Waals surface area contributed by atoms with Gasteiger partial charge in [-0.3, -0.25) is 18.9 Å². The molecule has 3 heterocycles. The van der Waals surface area contributed by atoms with Crippen LogP contribution in [-0.4, -0.2) is 59.0 Å². The number of imidazole rings is 1. The molecule has 1 aliphatic rings. The number of aliphatic hydroxyl groups excluding tert-OH is 1. The van der Waals surface area contributed by atoms with E-state index in [-0.39, 0.29) is 17.1 Å². The number of aromatic amines is 1. The first-order chi connectivity index (χ1) is 11.5. The second kappa shape index (κ2) is 5.85. The fraction of sp³-hybridized carbons (Fsp3) is 0.545. The van der Waals surface area contributed by atoms with Crippen molar-refractivity contribution in [3.63, 3.8) is 0 Å². The topological polar surface area (TPSA) is 209 Å². The number of hydrogen-bond donors (Lipinski definition) is 5. The third-order valence-corrected chi connectivity index (χ3v) is 4.34. The highest BCUT2D eigenvalue weighted by Gasteiger charge is 2.53. The molecule has 0 aromatic carbocycles. The van der Waals surface area contributed by atoms with Crippen LogP contribution in [-0.2, 0) is 13.8 Å². The lowest BCUT2D eigenvalue weighted by Gasteiger charge is -2.27. The second-order valence-corrected chi connectivity index (χ2v) is 6.93. The Kier molecular flexibility index (Phi) is 4.20. The normalized spacial score (nSPS) is 32.1. The number of hydrogen-bond acceptors (Lipinski definition) is 10. The summed E-state index contributed by atoms with van der Waals surface area (Å²) in [6, 6.07) is 0. The molecule has 0 aliphatic carbocycles. The van der Waals surface area contributed by atoms with Crippen molar-refractivity contribution in [1.82, 2.24) is 19.5 Å². The van der Waals surface area contributed by atoms with Crippen LogP contribution >= 0.6 is 7.82 Å². The summed E-state index contributed by atoms with van der Waals surface area (Å²) in [7, 11) is -5.03.